The van der Waals surface area contributed by atoms with Gasteiger partial charge in [0, 0.05) is 13.1 Å². The monoisotopic (exact) mass is 298 g/mol. The quantitative estimate of drug-likeness (QED) is 0.903. The van der Waals surface area contributed by atoms with Crippen LogP contribution in [0.4, 0.5) is 0 Å². The lowest BCUT2D eigenvalue weighted by atomic mass is 10.1. The molecule has 1 aromatic carbocycles. The van der Waals surface area contributed by atoms with Crippen molar-refractivity contribution >= 4 is 10.0 Å². The molecule has 1 fully saturated rings. The summed E-state index contributed by atoms with van der Waals surface area (Å²) in [5.41, 5.74) is 6.81. The number of morpholine rings is 1. The summed E-state index contributed by atoms with van der Waals surface area (Å²) in [6.07, 6.45) is 0. The molecular weight excluding hydrogens is 276 g/mol. The Morgan fingerprint density at radius 3 is 2.70 bits per heavy atom. The number of sulfonamides is 1. The van der Waals surface area contributed by atoms with Crippen LogP contribution in [0, 0.1) is 0 Å². The predicted molar refractivity (Wildman–Crippen MR) is 78.6 cm³/mol. The van der Waals surface area contributed by atoms with Gasteiger partial charge in [-0.15, -0.1) is 0 Å². The molecule has 1 saturated heterocycles. The maximum atomic E-state index is 12.6. The summed E-state index contributed by atoms with van der Waals surface area (Å²) in [7, 11) is -3.36. The molecule has 0 atom stereocenters. The van der Waals surface area contributed by atoms with Crippen LogP contribution in [0.5, 0.6) is 0 Å². The minimum atomic E-state index is -3.36. The van der Waals surface area contributed by atoms with E-state index in [2.05, 4.69) is 0 Å². The van der Waals surface area contributed by atoms with E-state index in [0.717, 1.165) is 11.1 Å². The minimum Gasteiger partial charge on any atom is -0.378 e. The first kappa shape index (κ1) is 15.4. The van der Waals surface area contributed by atoms with Gasteiger partial charge in [0.1, 0.15) is 0 Å². The third-order valence-electron chi connectivity index (χ3n) is 3.48. The highest BCUT2D eigenvalue weighted by molar-refractivity contribution is 7.88. The first-order valence-electron chi connectivity index (χ1n) is 6.71. The number of hydrogen-bond acceptors (Lipinski definition) is 4. The number of nitrogens with two attached hydrogens (primary N) is 1. The molecule has 0 saturated carbocycles. The largest absolute Gasteiger partial charge is 0.378 e. The lowest BCUT2D eigenvalue weighted by molar-refractivity contribution is -0.00777. The van der Waals surface area contributed by atoms with Gasteiger partial charge in [0.05, 0.1) is 24.5 Å². The molecule has 0 unspecified atom stereocenters. The third kappa shape index (κ3) is 3.38. The summed E-state index contributed by atoms with van der Waals surface area (Å²) in [4.78, 5) is 0. The molecule has 0 spiro atoms. The molecule has 6 heteroatoms. The van der Waals surface area contributed by atoms with Gasteiger partial charge in [0.15, 0.2) is 0 Å². The molecule has 0 amide bonds. The second-order valence-electron chi connectivity index (χ2n) is 5.72. The van der Waals surface area contributed by atoms with Gasteiger partial charge in [0.2, 0.25) is 10.0 Å². The van der Waals surface area contributed by atoms with Crippen molar-refractivity contribution in [2.24, 2.45) is 5.73 Å². The first-order valence-corrected chi connectivity index (χ1v) is 8.32. The van der Waals surface area contributed by atoms with Crippen LogP contribution in [0.15, 0.2) is 24.3 Å². The molecule has 1 aromatic rings. The molecule has 1 aliphatic rings. The second-order valence-corrected chi connectivity index (χ2v) is 7.61. The topological polar surface area (TPSA) is 72.6 Å². The number of benzene rings is 1. The first-order chi connectivity index (χ1) is 9.35. The van der Waals surface area contributed by atoms with Gasteiger partial charge in [-0.05, 0) is 25.0 Å². The van der Waals surface area contributed by atoms with Gasteiger partial charge < -0.3 is 10.5 Å². The Hall–Kier alpha value is -0.950. The molecule has 1 aliphatic heterocycles. The molecule has 0 aromatic heterocycles. The van der Waals surface area contributed by atoms with Crippen LogP contribution in [-0.4, -0.2) is 38.0 Å². The van der Waals surface area contributed by atoms with Crippen molar-refractivity contribution in [3.8, 4) is 0 Å². The van der Waals surface area contributed by atoms with Crippen LogP contribution in [0.2, 0.25) is 0 Å². The molecule has 1 heterocycles. The van der Waals surface area contributed by atoms with E-state index in [1.807, 2.05) is 38.1 Å². The SMILES string of the molecule is CC1(C)COCCN1S(=O)(=O)Cc1cccc(CN)c1. The van der Waals surface area contributed by atoms with Crippen molar-refractivity contribution in [2.45, 2.75) is 31.7 Å². The summed E-state index contributed by atoms with van der Waals surface area (Å²) in [5, 5.41) is 0. The Labute approximate surface area is 120 Å². The van der Waals surface area contributed by atoms with Gasteiger partial charge >= 0.3 is 0 Å². The van der Waals surface area contributed by atoms with Crippen LogP contribution >= 0.6 is 0 Å². The smallest absolute Gasteiger partial charge is 0.218 e. The van der Waals surface area contributed by atoms with E-state index in [4.69, 9.17) is 10.5 Å². The zero-order valence-corrected chi connectivity index (χ0v) is 12.8. The number of ether oxygens (including phenoxy) is 1. The maximum Gasteiger partial charge on any atom is 0.218 e. The summed E-state index contributed by atoms with van der Waals surface area (Å²) < 4.78 is 32.1. The van der Waals surface area contributed by atoms with Crippen LogP contribution in [0.1, 0.15) is 25.0 Å². The zero-order valence-electron chi connectivity index (χ0n) is 12.0. The number of nitrogens with zero attached hydrogens (tertiary/aromatic N) is 1. The summed E-state index contributed by atoms with van der Waals surface area (Å²) in [6, 6.07) is 7.42. The Morgan fingerprint density at radius 1 is 1.35 bits per heavy atom. The lowest BCUT2D eigenvalue weighted by Crippen LogP contribution is -2.55. The van der Waals surface area contributed by atoms with Crippen molar-refractivity contribution < 1.29 is 13.2 Å². The standard InChI is InChI=1S/C14H22N2O3S/c1-14(2)11-19-7-6-16(14)20(17,18)10-13-5-3-4-12(8-13)9-15/h3-5,8H,6-7,9-11,15H2,1-2H3. The van der Waals surface area contributed by atoms with E-state index < -0.39 is 15.6 Å². The van der Waals surface area contributed by atoms with E-state index in [1.165, 1.54) is 0 Å². The fraction of sp³-hybridized carbons (Fsp3) is 0.571. The zero-order chi connectivity index (χ0) is 14.8. The number of rotatable bonds is 4. The van der Waals surface area contributed by atoms with Gasteiger partial charge in [0.25, 0.3) is 0 Å². The van der Waals surface area contributed by atoms with E-state index >= 15 is 0 Å². The van der Waals surface area contributed by atoms with E-state index in [1.54, 1.807) is 4.31 Å². The van der Waals surface area contributed by atoms with Crippen LogP contribution in [-0.2, 0) is 27.1 Å². The van der Waals surface area contributed by atoms with Crippen molar-refractivity contribution in [3.63, 3.8) is 0 Å². The van der Waals surface area contributed by atoms with Crippen molar-refractivity contribution in [1.29, 1.82) is 0 Å². The van der Waals surface area contributed by atoms with E-state index in [-0.39, 0.29) is 5.75 Å². The Kier molecular flexibility index (Phi) is 4.49. The van der Waals surface area contributed by atoms with Gasteiger partial charge in [-0.2, -0.15) is 4.31 Å². The molecule has 0 bridgehead atoms. The van der Waals surface area contributed by atoms with Gasteiger partial charge in [-0.3, -0.25) is 0 Å². The highest BCUT2D eigenvalue weighted by Gasteiger charge is 2.38. The average molecular weight is 298 g/mol. The minimum absolute atomic E-state index is 0.00424. The average Bonchev–Trinajstić information content (AvgIpc) is 2.37. The van der Waals surface area contributed by atoms with Crippen molar-refractivity contribution in [2.75, 3.05) is 19.8 Å². The van der Waals surface area contributed by atoms with Crippen LogP contribution in [0.25, 0.3) is 0 Å². The molecule has 0 radical (unpaired) electrons. The molecule has 20 heavy (non-hydrogen) atoms. The molecule has 5 nitrogen and oxygen atoms in total. The Morgan fingerprint density at radius 2 is 2.05 bits per heavy atom. The van der Waals surface area contributed by atoms with Gasteiger partial charge in [-0.25, -0.2) is 8.42 Å². The van der Waals surface area contributed by atoms with Crippen LogP contribution < -0.4 is 5.73 Å². The molecule has 0 aliphatic carbocycles. The van der Waals surface area contributed by atoms with Crippen molar-refractivity contribution in [1.82, 2.24) is 4.31 Å². The summed E-state index contributed by atoms with van der Waals surface area (Å²) in [6.45, 7) is 5.48. The van der Waals surface area contributed by atoms with Crippen molar-refractivity contribution in [3.05, 3.63) is 35.4 Å². The second kappa shape index (κ2) is 5.81. The van der Waals surface area contributed by atoms with Crippen LogP contribution in [0.3, 0.4) is 0 Å². The Bertz CT molecular complexity index is 570. The highest BCUT2D eigenvalue weighted by Crippen LogP contribution is 2.25. The molecular formula is C14H22N2O3S. The predicted octanol–water partition coefficient (Wildman–Crippen LogP) is 1.09. The summed E-state index contributed by atoms with van der Waals surface area (Å²) in [5.74, 6) is 0.00424. The molecule has 2 N–H and O–H groups in total. The van der Waals surface area contributed by atoms with E-state index in [0.29, 0.717) is 26.3 Å². The lowest BCUT2D eigenvalue weighted by Gasteiger charge is -2.40. The highest BCUT2D eigenvalue weighted by atomic mass is 32.2. The maximum absolute atomic E-state index is 12.6. The fourth-order valence-corrected chi connectivity index (χ4v) is 4.41. The van der Waals surface area contributed by atoms with Gasteiger partial charge in [-0.1, -0.05) is 24.3 Å². The molecule has 112 valence electrons. The molecule has 2 rings (SSSR count). The number of hydrogen-bond donors (Lipinski definition) is 1. The summed E-state index contributed by atoms with van der Waals surface area (Å²) >= 11 is 0. The normalized spacial score (nSPS) is 19.9. The Balaban J connectivity index is 2.22. The van der Waals surface area contributed by atoms with E-state index in [9.17, 15) is 8.42 Å². The fourth-order valence-electron chi connectivity index (χ4n) is 2.49. The third-order valence-corrected chi connectivity index (χ3v) is 5.53.